The highest BCUT2D eigenvalue weighted by Crippen LogP contribution is 2.44. The van der Waals surface area contributed by atoms with Gasteiger partial charge in [0.05, 0.1) is 5.60 Å². The molecule has 0 aromatic heterocycles. The number of hydrogen-bond donors (Lipinski definition) is 2. The van der Waals surface area contributed by atoms with Gasteiger partial charge in [-0.15, -0.1) is 0 Å². The summed E-state index contributed by atoms with van der Waals surface area (Å²) in [7, 11) is 0. The summed E-state index contributed by atoms with van der Waals surface area (Å²) in [5, 5.41) is 10.4. The Balaban J connectivity index is 2.81. The lowest BCUT2D eigenvalue weighted by molar-refractivity contribution is -0.0848. The molecule has 0 saturated heterocycles. The van der Waals surface area contributed by atoms with Gasteiger partial charge in [0.15, 0.2) is 0 Å². The SMILES string of the molecule is CC1(C)CCCC(O)(C(C)(C)N)C1. The molecule has 0 heterocycles. The molecule has 1 aliphatic rings. The maximum absolute atomic E-state index is 10.4. The van der Waals surface area contributed by atoms with Gasteiger partial charge in [-0.2, -0.15) is 0 Å². The van der Waals surface area contributed by atoms with Crippen molar-refractivity contribution in [2.45, 2.75) is 64.5 Å². The van der Waals surface area contributed by atoms with Gasteiger partial charge in [-0.3, -0.25) is 0 Å². The molecule has 78 valence electrons. The van der Waals surface area contributed by atoms with Crippen molar-refractivity contribution in [2.75, 3.05) is 0 Å². The predicted molar refractivity (Wildman–Crippen MR) is 55.5 cm³/mol. The zero-order chi connectivity index (χ0) is 10.3. The van der Waals surface area contributed by atoms with Crippen LogP contribution in [0.25, 0.3) is 0 Å². The summed E-state index contributed by atoms with van der Waals surface area (Å²) in [4.78, 5) is 0. The maximum Gasteiger partial charge on any atom is 0.0826 e. The van der Waals surface area contributed by atoms with E-state index < -0.39 is 11.1 Å². The second kappa shape index (κ2) is 2.96. The summed E-state index contributed by atoms with van der Waals surface area (Å²) in [5.74, 6) is 0. The van der Waals surface area contributed by atoms with Gasteiger partial charge in [0.2, 0.25) is 0 Å². The Labute approximate surface area is 81.5 Å². The lowest BCUT2D eigenvalue weighted by Gasteiger charge is -2.48. The van der Waals surface area contributed by atoms with Crippen molar-refractivity contribution in [3.05, 3.63) is 0 Å². The molecular formula is C11H23NO. The van der Waals surface area contributed by atoms with Crippen molar-refractivity contribution in [2.24, 2.45) is 11.1 Å². The van der Waals surface area contributed by atoms with E-state index in [0.29, 0.717) is 0 Å². The number of aliphatic hydroxyl groups is 1. The summed E-state index contributed by atoms with van der Waals surface area (Å²) in [5.41, 5.74) is 5.10. The zero-order valence-electron chi connectivity index (χ0n) is 9.35. The summed E-state index contributed by atoms with van der Waals surface area (Å²) in [6, 6.07) is 0. The monoisotopic (exact) mass is 185 g/mol. The van der Waals surface area contributed by atoms with E-state index in [1.807, 2.05) is 13.8 Å². The first-order chi connectivity index (χ1) is 5.66. The number of hydrogen-bond acceptors (Lipinski definition) is 2. The van der Waals surface area contributed by atoms with Gasteiger partial charge in [0.1, 0.15) is 0 Å². The number of nitrogens with two attached hydrogens (primary N) is 1. The fourth-order valence-corrected chi connectivity index (χ4v) is 2.38. The molecule has 2 heteroatoms. The van der Waals surface area contributed by atoms with Gasteiger partial charge < -0.3 is 10.8 Å². The van der Waals surface area contributed by atoms with Crippen LogP contribution in [0.2, 0.25) is 0 Å². The third-order valence-corrected chi connectivity index (χ3v) is 3.41. The summed E-state index contributed by atoms with van der Waals surface area (Å²) < 4.78 is 0. The second-order valence-electron chi connectivity index (χ2n) is 5.95. The first-order valence-electron chi connectivity index (χ1n) is 5.18. The maximum atomic E-state index is 10.4. The van der Waals surface area contributed by atoms with Gasteiger partial charge >= 0.3 is 0 Å². The second-order valence-corrected chi connectivity index (χ2v) is 5.95. The summed E-state index contributed by atoms with van der Waals surface area (Å²) >= 11 is 0. The zero-order valence-corrected chi connectivity index (χ0v) is 9.35. The van der Waals surface area contributed by atoms with E-state index in [-0.39, 0.29) is 5.41 Å². The van der Waals surface area contributed by atoms with Crippen molar-refractivity contribution in [1.82, 2.24) is 0 Å². The molecule has 0 aliphatic heterocycles. The van der Waals surface area contributed by atoms with E-state index in [0.717, 1.165) is 19.3 Å². The van der Waals surface area contributed by atoms with Crippen LogP contribution in [0.1, 0.15) is 53.4 Å². The van der Waals surface area contributed by atoms with E-state index >= 15 is 0 Å². The molecule has 1 fully saturated rings. The van der Waals surface area contributed by atoms with Crippen molar-refractivity contribution < 1.29 is 5.11 Å². The molecule has 2 nitrogen and oxygen atoms in total. The predicted octanol–water partition coefficient (Wildman–Crippen LogP) is 2.06. The normalized spacial score (nSPS) is 34.6. The van der Waals surface area contributed by atoms with Crippen molar-refractivity contribution >= 4 is 0 Å². The molecule has 1 unspecified atom stereocenters. The Morgan fingerprint density at radius 3 is 2.08 bits per heavy atom. The van der Waals surface area contributed by atoms with Crippen LogP contribution in [0.4, 0.5) is 0 Å². The van der Waals surface area contributed by atoms with Crippen LogP contribution in [-0.4, -0.2) is 16.2 Å². The highest BCUT2D eigenvalue weighted by Gasteiger charge is 2.46. The Morgan fingerprint density at radius 2 is 1.77 bits per heavy atom. The molecule has 0 spiro atoms. The van der Waals surface area contributed by atoms with Gasteiger partial charge in [0.25, 0.3) is 0 Å². The molecule has 0 aromatic carbocycles. The highest BCUT2D eigenvalue weighted by atomic mass is 16.3. The molecule has 1 aliphatic carbocycles. The van der Waals surface area contributed by atoms with Crippen LogP contribution in [0.3, 0.4) is 0 Å². The molecule has 0 radical (unpaired) electrons. The minimum Gasteiger partial charge on any atom is -0.388 e. The molecule has 13 heavy (non-hydrogen) atoms. The molecule has 1 atom stereocenters. The van der Waals surface area contributed by atoms with Crippen LogP contribution >= 0.6 is 0 Å². The quantitative estimate of drug-likeness (QED) is 0.657. The van der Waals surface area contributed by atoms with Crippen molar-refractivity contribution in [3.63, 3.8) is 0 Å². The van der Waals surface area contributed by atoms with E-state index in [9.17, 15) is 5.11 Å². The van der Waals surface area contributed by atoms with Crippen LogP contribution in [0, 0.1) is 5.41 Å². The standard InChI is InChI=1S/C11H23NO/c1-9(2)6-5-7-11(13,8-9)10(3,4)12/h13H,5-8,12H2,1-4H3. The fraction of sp³-hybridized carbons (Fsp3) is 1.00. The lowest BCUT2D eigenvalue weighted by Crippen LogP contribution is -2.59. The van der Waals surface area contributed by atoms with Crippen molar-refractivity contribution in [1.29, 1.82) is 0 Å². The molecule has 0 bridgehead atoms. The summed E-state index contributed by atoms with van der Waals surface area (Å²) in [6.45, 7) is 8.27. The Hall–Kier alpha value is -0.0800. The van der Waals surface area contributed by atoms with Crippen LogP contribution in [0.15, 0.2) is 0 Å². The molecule has 0 aromatic rings. The minimum atomic E-state index is -0.672. The van der Waals surface area contributed by atoms with Gasteiger partial charge in [-0.1, -0.05) is 13.8 Å². The first-order valence-corrected chi connectivity index (χ1v) is 5.18. The Morgan fingerprint density at radius 1 is 1.23 bits per heavy atom. The average molecular weight is 185 g/mol. The largest absolute Gasteiger partial charge is 0.388 e. The van der Waals surface area contributed by atoms with Crippen LogP contribution in [-0.2, 0) is 0 Å². The highest BCUT2D eigenvalue weighted by molar-refractivity contribution is 5.02. The number of rotatable bonds is 1. The summed E-state index contributed by atoms with van der Waals surface area (Å²) in [6.07, 6.45) is 3.96. The van der Waals surface area contributed by atoms with Gasteiger partial charge in [0, 0.05) is 5.54 Å². The van der Waals surface area contributed by atoms with Gasteiger partial charge in [-0.25, -0.2) is 0 Å². The Kier molecular flexibility index (Phi) is 2.50. The van der Waals surface area contributed by atoms with E-state index in [4.69, 9.17) is 5.73 Å². The topological polar surface area (TPSA) is 46.2 Å². The molecule has 1 saturated carbocycles. The van der Waals surface area contributed by atoms with Crippen LogP contribution < -0.4 is 5.73 Å². The Bertz CT molecular complexity index is 193. The molecule has 1 rings (SSSR count). The van der Waals surface area contributed by atoms with Crippen molar-refractivity contribution in [3.8, 4) is 0 Å². The first kappa shape index (κ1) is 11.0. The minimum absolute atomic E-state index is 0.240. The van der Waals surface area contributed by atoms with E-state index in [1.54, 1.807) is 0 Å². The van der Waals surface area contributed by atoms with Crippen LogP contribution in [0.5, 0.6) is 0 Å². The fourth-order valence-electron chi connectivity index (χ4n) is 2.38. The third-order valence-electron chi connectivity index (χ3n) is 3.41. The van der Waals surface area contributed by atoms with E-state index in [2.05, 4.69) is 13.8 Å². The molecular weight excluding hydrogens is 162 g/mol. The average Bonchev–Trinajstić information content (AvgIpc) is 1.80. The molecule has 3 N–H and O–H groups in total. The van der Waals surface area contributed by atoms with E-state index in [1.165, 1.54) is 6.42 Å². The third kappa shape index (κ3) is 2.23. The molecule has 0 amide bonds. The van der Waals surface area contributed by atoms with Gasteiger partial charge in [-0.05, 0) is 44.9 Å². The smallest absolute Gasteiger partial charge is 0.0826 e. The lowest BCUT2D eigenvalue weighted by atomic mass is 9.64.